The lowest BCUT2D eigenvalue weighted by Gasteiger charge is -2.08. The molecule has 2 rings (SSSR count). The standard InChI is InChI=1S/C15H13ClO/c1-2-12-13(9-6-10-14(12)16)15(17)11-7-4-3-5-8-11/h3-10H,2H2,1H3. The highest BCUT2D eigenvalue weighted by Gasteiger charge is 2.14. The van der Waals surface area contributed by atoms with Crippen LogP contribution in [0.1, 0.15) is 28.4 Å². The lowest BCUT2D eigenvalue weighted by atomic mass is 9.97. The minimum atomic E-state index is 0.0324. The fourth-order valence-corrected chi connectivity index (χ4v) is 2.18. The largest absolute Gasteiger partial charge is 0.289 e. The molecule has 17 heavy (non-hydrogen) atoms. The van der Waals surface area contributed by atoms with E-state index in [4.69, 9.17) is 11.6 Å². The van der Waals surface area contributed by atoms with Gasteiger partial charge in [0.15, 0.2) is 5.78 Å². The van der Waals surface area contributed by atoms with Gasteiger partial charge in [0, 0.05) is 16.1 Å². The molecule has 0 N–H and O–H groups in total. The van der Waals surface area contributed by atoms with Crippen LogP contribution in [0.15, 0.2) is 48.5 Å². The van der Waals surface area contributed by atoms with E-state index in [0.29, 0.717) is 16.1 Å². The molecule has 0 unspecified atom stereocenters. The molecular formula is C15H13ClO. The van der Waals surface area contributed by atoms with Crippen LogP contribution in [-0.2, 0) is 6.42 Å². The zero-order chi connectivity index (χ0) is 12.3. The van der Waals surface area contributed by atoms with Crippen LogP contribution < -0.4 is 0 Å². The Morgan fingerprint density at radius 3 is 2.41 bits per heavy atom. The summed E-state index contributed by atoms with van der Waals surface area (Å²) >= 11 is 6.11. The van der Waals surface area contributed by atoms with Crippen LogP contribution in [0.4, 0.5) is 0 Å². The quantitative estimate of drug-likeness (QED) is 0.742. The summed E-state index contributed by atoms with van der Waals surface area (Å²) in [5.41, 5.74) is 2.32. The van der Waals surface area contributed by atoms with Crippen molar-refractivity contribution in [3.05, 3.63) is 70.2 Å². The van der Waals surface area contributed by atoms with Crippen molar-refractivity contribution in [2.45, 2.75) is 13.3 Å². The Balaban J connectivity index is 2.48. The van der Waals surface area contributed by atoms with Gasteiger partial charge in [-0.15, -0.1) is 0 Å². The van der Waals surface area contributed by atoms with Crippen molar-refractivity contribution in [3.63, 3.8) is 0 Å². The monoisotopic (exact) mass is 244 g/mol. The Morgan fingerprint density at radius 1 is 1.06 bits per heavy atom. The molecular weight excluding hydrogens is 232 g/mol. The van der Waals surface area contributed by atoms with Crippen molar-refractivity contribution in [2.24, 2.45) is 0 Å². The molecule has 0 aliphatic rings. The van der Waals surface area contributed by atoms with E-state index in [1.165, 1.54) is 0 Å². The third-order valence-corrected chi connectivity index (χ3v) is 3.11. The number of carbonyl (C=O) groups excluding carboxylic acids is 1. The zero-order valence-electron chi connectivity index (χ0n) is 9.61. The minimum absolute atomic E-state index is 0.0324. The maximum atomic E-state index is 12.3. The fourth-order valence-electron chi connectivity index (χ4n) is 1.88. The summed E-state index contributed by atoms with van der Waals surface area (Å²) in [6, 6.07) is 14.7. The predicted octanol–water partition coefficient (Wildman–Crippen LogP) is 4.13. The normalized spacial score (nSPS) is 10.2. The molecule has 0 heterocycles. The molecule has 0 spiro atoms. The average Bonchev–Trinajstić information content (AvgIpc) is 2.38. The molecule has 0 saturated carbocycles. The first-order valence-corrected chi connectivity index (χ1v) is 5.99. The van der Waals surface area contributed by atoms with Crippen molar-refractivity contribution in [1.82, 2.24) is 0 Å². The van der Waals surface area contributed by atoms with Crippen LogP contribution >= 0.6 is 11.6 Å². The lowest BCUT2D eigenvalue weighted by molar-refractivity contribution is 0.103. The molecule has 0 amide bonds. The highest BCUT2D eigenvalue weighted by molar-refractivity contribution is 6.32. The lowest BCUT2D eigenvalue weighted by Crippen LogP contribution is -2.05. The molecule has 1 nitrogen and oxygen atoms in total. The van der Waals surface area contributed by atoms with E-state index in [1.807, 2.05) is 55.5 Å². The van der Waals surface area contributed by atoms with Crippen molar-refractivity contribution in [3.8, 4) is 0 Å². The second-order valence-electron chi connectivity index (χ2n) is 3.81. The third kappa shape index (κ3) is 2.40. The topological polar surface area (TPSA) is 17.1 Å². The molecule has 2 aromatic rings. The third-order valence-electron chi connectivity index (χ3n) is 2.75. The van der Waals surface area contributed by atoms with Crippen molar-refractivity contribution >= 4 is 17.4 Å². The van der Waals surface area contributed by atoms with E-state index < -0.39 is 0 Å². The van der Waals surface area contributed by atoms with E-state index in [2.05, 4.69) is 0 Å². The van der Waals surface area contributed by atoms with E-state index in [1.54, 1.807) is 0 Å². The Bertz CT molecular complexity index is 532. The second kappa shape index (κ2) is 5.15. The minimum Gasteiger partial charge on any atom is -0.289 e. The van der Waals surface area contributed by atoms with Crippen LogP contribution in [0, 0.1) is 0 Å². The smallest absolute Gasteiger partial charge is 0.193 e. The first kappa shape index (κ1) is 11.9. The summed E-state index contributed by atoms with van der Waals surface area (Å²) < 4.78 is 0. The summed E-state index contributed by atoms with van der Waals surface area (Å²) in [7, 11) is 0. The summed E-state index contributed by atoms with van der Waals surface area (Å²) in [4.78, 5) is 12.3. The Morgan fingerprint density at radius 2 is 1.76 bits per heavy atom. The SMILES string of the molecule is CCc1c(Cl)cccc1C(=O)c1ccccc1. The maximum Gasteiger partial charge on any atom is 0.193 e. The molecule has 0 saturated heterocycles. The van der Waals surface area contributed by atoms with Crippen molar-refractivity contribution < 1.29 is 4.79 Å². The van der Waals surface area contributed by atoms with Gasteiger partial charge in [0.05, 0.1) is 0 Å². The summed E-state index contributed by atoms with van der Waals surface area (Å²) in [5.74, 6) is 0.0324. The predicted molar refractivity (Wildman–Crippen MR) is 70.7 cm³/mol. The van der Waals surface area contributed by atoms with Crippen molar-refractivity contribution in [1.29, 1.82) is 0 Å². The number of rotatable bonds is 3. The molecule has 0 fully saturated rings. The Labute approximate surface area is 106 Å². The Hall–Kier alpha value is -1.60. The number of carbonyl (C=O) groups is 1. The van der Waals surface area contributed by atoms with Gasteiger partial charge in [-0.1, -0.05) is 61.0 Å². The molecule has 0 aliphatic heterocycles. The van der Waals surface area contributed by atoms with Crippen LogP contribution in [0.2, 0.25) is 5.02 Å². The van der Waals surface area contributed by atoms with Gasteiger partial charge in [-0.05, 0) is 18.1 Å². The molecule has 0 aliphatic carbocycles. The van der Waals surface area contributed by atoms with Gasteiger partial charge in [-0.25, -0.2) is 0 Å². The van der Waals surface area contributed by atoms with Crippen LogP contribution in [-0.4, -0.2) is 5.78 Å². The van der Waals surface area contributed by atoms with Gasteiger partial charge < -0.3 is 0 Å². The van der Waals surface area contributed by atoms with Gasteiger partial charge in [0.1, 0.15) is 0 Å². The number of ketones is 1. The molecule has 2 heteroatoms. The van der Waals surface area contributed by atoms with E-state index in [0.717, 1.165) is 12.0 Å². The number of halogens is 1. The van der Waals surface area contributed by atoms with Crippen LogP contribution in [0.5, 0.6) is 0 Å². The van der Waals surface area contributed by atoms with E-state index in [-0.39, 0.29) is 5.78 Å². The van der Waals surface area contributed by atoms with E-state index in [9.17, 15) is 4.79 Å². The zero-order valence-corrected chi connectivity index (χ0v) is 10.4. The fraction of sp³-hybridized carbons (Fsp3) is 0.133. The number of hydrogen-bond acceptors (Lipinski definition) is 1. The second-order valence-corrected chi connectivity index (χ2v) is 4.22. The summed E-state index contributed by atoms with van der Waals surface area (Å²) in [6.07, 6.45) is 0.758. The molecule has 2 aromatic carbocycles. The summed E-state index contributed by atoms with van der Waals surface area (Å²) in [5, 5.41) is 0.661. The van der Waals surface area contributed by atoms with Gasteiger partial charge in [0.2, 0.25) is 0 Å². The van der Waals surface area contributed by atoms with E-state index >= 15 is 0 Å². The molecule has 86 valence electrons. The number of hydrogen-bond donors (Lipinski definition) is 0. The first-order chi connectivity index (χ1) is 8.24. The van der Waals surface area contributed by atoms with Crippen molar-refractivity contribution in [2.75, 3.05) is 0 Å². The molecule has 0 radical (unpaired) electrons. The van der Waals surface area contributed by atoms with Gasteiger partial charge in [0.25, 0.3) is 0 Å². The van der Waals surface area contributed by atoms with Gasteiger partial charge >= 0.3 is 0 Å². The molecule has 0 aromatic heterocycles. The maximum absolute atomic E-state index is 12.3. The number of benzene rings is 2. The molecule has 0 bridgehead atoms. The molecule has 0 atom stereocenters. The van der Waals surface area contributed by atoms with Gasteiger partial charge in [-0.3, -0.25) is 4.79 Å². The highest BCUT2D eigenvalue weighted by atomic mass is 35.5. The Kier molecular flexibility index (Phi) is 3.60. The summed E-state index contributed by atoms with van der Waals surface area (Å²) in [6.45, 7) is 2.00. The highest BCUT2D eigenvalue weighted by Crippen LogP contribution is 2.22. The van der Waals surface area contributed by atoms with Crippen LogP contribution in [0.3, 0.4) is 0 Å². The average molecular weight is 245 g/mol. The van der Waals surface area contributed by atoms with Gasteiger partial charge in [-0.2, -0.15) is 0 Å². The van der Waals surface area contributed by atoms with Crippen LogP contribution in [0.25, 0.3) is 0 Å². The first-order valence-electron chi connectivity index (χ1n) is 5.61.